The van der Waals surface area contributed by atoms with Crippen LogP contribution in [0.2, 0.25) is 0 Å². The number of ether oxygens (including phenoxy) is 1. The van der Waals surface area contributed by atoms with Gasteiger partial charge in [0.2, 0.25) is 10.0 Å². The highest BCUT2D eigenvalue weighted by atomic mass is 32.2. The van der Waals surface area contributed by atoms with Gasteiger partial charge in [0, 0.05) is 19.5 Å². The largest absolute Gasteiger partial charge is 0.478 e. The van der Waals surface area contributed by atoms with Gasteiger partial charge in [0.25, 0.3) is 5.91 Å². The minimum absolute atomic E-state index is 0.196. The highest BCUT2D eigenvalue weighted by Crippen LogP contribution is 2.33. The molecular formula is C14H18N2O4S. The molecule has 6 nitrogen and oxygen atoms in total. The normalized spacial score (nSPS) is 18.1. The monoisotopic (exact) mass is 310 g/mol. The van der Waals surface area contributed by atoms with E-state index in [1.807, 2.05) is 0 Å². The number of para-hydroxylation sites is 2. The summed E-state index contributed by atoms with van der Waals surface area (Å²) >= 11 is 0. The number of benzene rings is 1. The van der Waals surface area contributed by atoms with E-state index in [0.29, 0.717) is 18.0 Å². The van der Waals surface area contributed by atoms with Crippen LogP contribution in [0.4, 0.5) is 5.69 Å². The number of nitrogens with one attached hydrogen (secondary N) is 1. The molecule has 1 aliphatic rings. The Hall–Kier alpha value is -2.02. The molecule has 0 aliphatic carbocycles. The Labute approximate surface area is 124 Å². The Morgan fingerprint density at radius 1 is 1.52 bits per heavy atom. The second-order valence-corrected chi connectivity index (χ2v) is 6.64. The Morgan fingerprint density at radius 2 is 2.24 bits per heavy atom. The van der Waals surface area contributed by atoms with Crippen molar-refractivity contribution in [1.82, 2.24) is 5.32 Å². The summed E-state index contributed by atoms with van der Waals surface area (Å²) in [6, 6.07) is 6.80. The first-order chi connectivity index (χ1) is 9.93. The number of sulfonamides is 1. The lowest BCUT2D eigenvalue weighted by atomic mass is 10.2. The van der Waals surface area contributed by atoms with Gasteiger partial charge in [-0.2, -0.15) is 0 Å². The van der Waals surface area contributed by atoms with Crippen LogP contribution >= 0.6 is 0 Å². The molecule has 0 saturated heterocycles. The summed E-state index contributed by atoms with van der Waals surface area (Å²) in [5.74, 6) is 0.110. The molecule has 1 heterocycles. The molecule has 7 heteroatoms. The maximum Gasteiger partial charge on any atom is 0.261 e. The van der Waals surface area contributed by atoms with Crippen LogP contribution in [0.5, 0.6) is 5.75 Å². The van der Waals surface area contributed by atoms with Gasteiger partial charge in [-0.3, -0.25) is 9.10 Å². The molecule has 21 heavy (non-hydrogen) atoms. The third-order valence-electron chi connectivity index (χ3n) is 3.11. The van der Waals surface area contributed by atoms with E-state index in [0.717, 1.165) is 6.26 Å². The topological polar surface area (TPSA) is 75.7 Å². The lowest BCUT2D eigenvalue weighted by Gasteiger charge is -2.20. The predicted octanol–water partition coefficient (Wildman–Crippen LogP) is 0.906. The van der Waals surface area contributed by atoms with Crippen molar-refractivity contribution in [3.8, 4) is 5.75 Å². The number of anilines is 1. The van der Waals surface area contributed by atoms with Crippen molar-refractivity contribution in [3.05, 3.63) is 36.9 Å². The van der Waals surface area contributed by atoms with Crippen molar-refractivity contribution in [2.45, 2.75) is 12.5 Å². The number of fused-ring (bicyclic) bond motifs is 1. The molecule has 1 aromatic carbocycles. The molecule has 1 atom stereocenters. The quantitative estimate of drug-likeness (QED) is 0.839. The first-order valence-corrected chi connectivity index (χ1v) is 8.40. The summed E-state index contributed by atoms with van der Waals surface area (Å²) in [4.78, 5) is 12.0. The van der Waals surface area contributed by atoms with E-state index in [9.17, 15) is 13.2 Å². The van der Waals surface area contributed by atoms with Crippen molar-refractivity contribution in [1.29, 1.82) is 0 Å². The number of rotatable bonds is 4. The average Bonchev–Trinajstić information content (AvgIpc) is 2.63. The smallest absolute Gasteiger partial charge is 0.261 e. The number of hydrogen-bond acceptors (Lipinski definition) is 4. The summed E-state index contributed by atoms with van der Waals surface area (Å²) in [6.45, 7) is 4.07. The highest BCUT2D eigenvalue weighted by Gasteiger charge is 2.30. The molecule has 0 aromatic heterocycles. The number of nitrogens with zero attached hydrogens (tertiary/aromatic N) is 1. The molecule has 2 rings (SSSR count). The van der Waals surface area contributed by atoms with E-state index in [4.69, 9.17) is 4.74 Å². The lowest BCUT2D eigenvalue weighted by Crippen LogP contribution is -2.39. The summed E-state index contributed by atoms with van der Waals surface area (Å²) in [5, 5.41) is 2.66. The SMILES string of the molecule is C=CCNC(=O)C1CCN(S(C)(=O)=O)c2ccccc2O1. The maximum atomic E-state index is 12.0. The second kappa shape index (κ2) is 6.17. The zero-order chi connectivity index (χ0) is 15.5. The zero-order valence-corrected chi connectivity index (χ0v) is 12.6. The molecule has 0 radical (unpaired) electrons. The summed E-state index contributed by atoms with van der Waals surface area (Å²) in [7, 11) is -3.42. The molecule has 114 valence electrons. The molecular weight excluding hydrogens is 292 g/mol. The van der Waals surface area contributed by atoms with Crippen LogP contribution in [-0.4, -0.2) is 39.8 Å². The minimum atomic E-state index is -3.42. The summed E-state index contributed by atoms with van der Waals surface area (Å²) < 4.78 is 30.8. The molecule has 0 spiro atoms. The third-order valence-corrected chi connectivity index (χ3v) is 4.29. The van der Waals surface area contributed by atoms with Crippen LogP contribution in [0.1, 0.15) is 6.42 Å². The van der Waals surface area contributed by atoms with Gasteiger partial charge in [-0.25, -0.2) is 8.42 Å². The van der Waals surface area contributed by atoms with Crippen LogP contribution in [0.15, 0.2) is 36.9 Å². The first-order valence-electron chi connectivity index (χ1n) is 6.55. The molecule has 0 saturated carbocycles. The first kappa shape index (κ1) is 15.4. The van der Waals surface area contributed by atoms with E-state index in [1.165, 1.54) is 4.31 Å². The van der Waals surface area contributed by atoms with Crippen molar-refractivity contribution in [2.75, 3.05) is 23.7 Å². The minimum Gasteiger partial charge on any atom is -0.478 e. The fraction of sp³-hybridized carbons (Fsp3) is 0.357. The molecule has 0 fully saturated rings. The number of hydrogen-bond donors (Lipinski definition) is 1. The summed E-state index contributed by atoms with van der Waals surface area (Å²) in [6.07, 6.45) is 2.27. The Morgan fingerprint density at radius 3 is 2.90 bits per heavy atom. The van der Waals surface area contributed by atoms with E-state index < -0.39 is 16.1 Å². The fourth-order valence-corrected chi connectivity index (χ4v) is 3.09. The lowest BCUT2D eigenvalue weighted by molar-refractivity contribution is -0.127. The van der Waals surface area contributed by atoms with Gasteiger partial charge in [0.15, 0.2) is 6.10 Å². The summed E-state index contributed by atoms with van der Waals surface area (Å²) in [5.41, 5.74) is 0.457. The zero-order valence-electron chi connectivity index (χ0n) is 11.8. The Bertz CT molecular complexity index is 642. The number of amides is 1. The van der Waals surface area contributed by atoms with Crippen molar-refractivity contribution >= 4 is 21.6 Å². The van der Waals surface area contributed by atoms with Gasteiger partial charge >= 0.3 is 0 Å². The molecule has 0 bridgehead atoms. The maximum absolute atomic E-state index is 12.0. The molecule has 1 N–H and O–H groups in total. The van der Waals surface area contributed by atoms with E-state index in [-0.39, 0.29) is 18.9 Å². The van der Waals surface area contributed by atoms with Crippen LogP contribution in [0.3, 0.4) is 0 Å². The Kier molecular flexibility index (Phi) is 4.52. The van der Waals surface area contributed by atoms with Gasteiger partial charge in [-0.05, 0) is 12.1 Å². The van der Waals surface area contributed by atoms with Crippen molar-refractivity contribution in [3.63, 3.8) is 0 Å². The van der Waals surface area contributed by atoms with Crippen LogP contribution in [-0.2, 0) is 14.8 Å². The highest BCUT2D eigenvalue weighted by molar-refractivity contribution is 7.92. The fourth-order valence-electron chi connectivity index (χ4n) is 2.15. The van der Waals surface area contributed by atoms with Crippen LogP contribution < -0.4 is 14.4 Å². The second-order valence-electron chi connectivity index (χ2n) is 4.73. The van der Waals surface area contributed by atoms with E-state index >= 15 is 0 Å². The van der Waals surface area contributed by atoms with Crippen molar-refractivity contribution in [2.24, 2.45) is 0 Å². The van der Waals surface area contributed by atoms with Crippen molar-refractivity contribution < 1.29 is 17.9 Å². The van der Waals surface area contributed by atoms with E-state index in [2.05, 4.69) is 11.9 Å². The van der Waals surface area contributed by atoms with Crippen LogP contribution in [0, 0.1) is 0 Å². The van der Waals surface area contributed by atoms with Gasteiger partial charge in [-0.15, -0.1) is 6.58 Å². The van der Waals surface area contributed by atoms with Gasteiger partial charge in [-0.1, -0.05) is 18.2 Å². The van der Waals surface area contributed by atoms with Gasteiger partial charge < -0.3 is 10.1 Å². The van der Waals surface area contributed by atoms with Gasteiger partial charge in [0.1, 0.15) is 5.75 Å². The third kappa shape index (κ3) is 3.55. The van der Waals surface area contributed by atoms with Crippen LogP contribution in [0.25, 0.3) is 0 Å². The number of carbonyl (C=O) groups excluding carboxylic acids is 1. The van der Waals surface area contributed by atoms with E-state index in [1.54, 1.807) is 30.3 Å². The Balaban J connectivity index is 2.30. The molecule has 1 amide bonds. The average molecular weight is 310 g/mol. The standard InChI is InChI=1S/C14H18N2O4S/c1-3-9-15-14(17)13-8-10-16(21(2,18)19)11-6-4-5-7-12(11)20-13/h3-7,13H,1,8-10H2,2H3,(H,15,17). The molecule has 1 aliphatic heterocycles. The van der Waals surface area contributed by atoms with Gasteiger partial charge in [0.05, 0.1) is 11.9 Å². The number of carbonyl (C=O) groups is 1. The molecule has 1 unspecified atom stereocenters. The molecule has 1 aromatic rings. The predicted molar refractivity (Wildman–Crippen MR) is 80.9 cm³/mol.